The van der Waals surface area contributed by atoms with Crippen LogP contribution >= 0.6 is 11.6 Å². The van der Waals surface area contributed by atoms with E-state index in [4.69, 9.17) is 16.3 Å². The predicted molar refractivity (Wildman–Crippen MR) is 88.6 cm³/mol. The Hall–Kier alpha value is -2.00. The van der Waals surface area contributed by atoms with Gasteiger partial charge in [-0.2, -0.15) is 0 Å². The van der Waals surface area contributed by atoms with Crippen molar-refractivity contribution >= 4 is 23.2 Å². The van der Waals surface area contributed by atoms with Crippen LogP contribution in [0.5, 0.6) is 5.75 Å². The summed E-state index contributed by atoms with van der Waals surface area (Å²) >= 11 is 5.92. The van der Waals surface area contributed by atoms with Crippen molar-refractivity contribution in [2.24, 2.45) is 0 Å². The van der Waals surface area contributed by atoms with Crippen molar-refractivity contribution in [3.8, 4) is 5.75 Å². The van der Waals surface area contributed by atoms with E-state index < -0.39 is 5.41 Å². The Morgan fingerprint density at radius 2 is 1.77 bits per heavy atom. The van der Waals surface area contributed by atoms with E-state index >= 15 is 0 Å². The quantitative estimate of drug-likeness (QED) is 0.887. The molecule has 0 saturated heterocycles. The van der Waals surface area contributed by atoms with Gasteiger partial charge in [0.25, 0.3) is 0 Å². The topological polar surface area (TPSA) is 38.3 Å². The fraction of sp³-hybridized carbons (Fsp3) is 0.278. The molecule has 1 amide bonds. The highest BCUT2D eigenvalue weighted by Gasteiger charge is 2.51. The molecule has 0 spiro atoms. The zero-order valence-electron chi connectivity index (χ0n) is 12.4. The van der Waals surface area contributed by atoms with Crippen LogP contribution in [0.2, 0.25) is 5.02 Å². The van der Waals surface area contributed by atoms with E-state index in [9.17, 15) is 4.79 Å². The molecule has 0 bridgehead atoms. The predicted octanol–water partition coefficient (Wildman–Crippen LogP) is 4.41. The fourth-order valence-electron chi connectivity index (χ4n) is 2.59. The summed E-state index contributed by atoms with van der Waals surface area (Å²) in [5.74, 6) is 0.846. The third-order valence-corrected chi connectivity index (χ3v) is 4.26. The Labute approximate surface area is 135 Å². The number of hydrogen-bond donors (Lipinski definition) is 1. The summed E-state index contributed by atoms with van der Waals surface area (Å²) < 4.78 is 5.40. The molecule has 0 aromatic heterocycles. The van der Waals surface area contributed by atoms with Crippen LogP contribution in [0.15, 0.2) is 48.5 Å². The second kappa shape index (κ2) is 6.01. The van der Waals surface area contributed by atoms with Crippen molar-refractivity contribution in [2.45, 2.75) is 25.2 Å². The van der Waals surface area contributed by atoms with E-state index in [1.165, 1.54) is 0 Å². The highest BCUT2D eigenvalue weighted by molar-refractivity contribution is 6.30. The second-order valence-electron chi connectivity index (χ2n) is 5.50. The van der Waals surface area contributed by atoms with Crippen LogP contribution < -0.4 is 10.1 Å². The maximum Gasteiger partial charge on any atom is 0.235 e. The monoisotopic (exact) mass is 315 g/mol. The molecule has 1 saturated carbocycles. The first kappa shape index (κ1) is 14.9. The number of carbonyl (C=O) groups is 1. The average molecular weight is 316 g/mol. The van der Waals surface area contributed by atoms with Crippen molar-refractivity contribution in [1.29, 1.82) is 0 Å². The van der Waals surface area contributed by atoms with Gasteiger partial charge >= 0.3 is 0 Å². The van der Waals surface area contributed by atoms with E-state index in [1.807, 2.05) is 55.5 Å². The van der Waals surface area contributed by atoms with Gasteiger partial charge < -0.3 is 10.1 Å². The third-order valence-electron chi connectivity index (χ3n) is 4.00. The third kappa shape index (κ3) is 2.95. The number of ether oxygens (including phenoxy) is 1. The molecule has 2 aromatic carbocycles. The molecule has 3 rings (SSSR count). The first-order valence-corrected chi connectivity index (χ1v) is 7.82. The molecule has 0 atom stereocenters. The minimum Gasteiger partial charge on any atom is -0.494 e. The van der Waals surface area contributed by atoms with Gasteiger partial charge in [-0.05, 0) is 61.7 Å². The van der Waals surface area contributed by atoms with Gasteiger partial charge in [0.15, 0.2) is 0 Å². The Kier molecular flexibility index (Phi) is 4.08. The number of carbonyl (C=O) groups excluding carboxylic acids is 1. The molecule has 114 valence electrons. The van der Waals surface area contributed by atoms with Crippen molar-refractivity contribution < 1.29 is 9.53 Å². The molecule has 0 unspecified atom stereocenters. The van der Waals surface area contributed by atoms with Crippen LogP contribution in [0.4, 0.5) is 5.69 Å². The first-order valence-electron chi connectivity index (χ1n) is 7.44. The number of hydrogen-bond acceptors (Lipinski definition) is 2. The molecule has 0 heterocycles. The van der Waals surface area contributed by atoms with E-state index in [0.717, 1.165) is 29.8 Å². The number of rotatable bonds is 5. The summed E-state index contributed by atoms with van der Waals surface area (Å²) in [6.07, 6.45) is 1.75. The first-order chi connectivity index (χ1) is 10.6. The van der Waals surface area contributed by atoms with Gasteiger partial charge in [0.05, 0.1) is 12.0 Å². The molecule has 2 aromatic rings. The van der Waals surface area contributed by atoms with Gasteiger partial charge in [0.1, 0.15) is 5.75 Å². The second-order valence-corrected chi connectivity index (χ2v) is 5.94. The smallest absolute Gasteiger partial charge is 0.235 e. The van der Waals surface area contributed by atoms with Gasteiger partial charge in [-0.1, -0.05) is 23.7 Å². The Morgan fingerprint density at radius 1 is 1.14 bits per heavy atom. The lowest BCUT2D eigenvalue weighted by Gasteiger charge is -2.16. The molecule has 0 aliphatic heterocycles. The van der Waals surface area contributed by atoms with Crippen molar-refractivity contribution in [3.05, 3.63) is 59.1 Å². The molecule has 4 heteroatoms. The van der Waals surface area contributed by atoms with Crippen LogP contribution in [0.25, 0.3) is 0 Å². The van der Waals surface area contributed by atoms with Gasteiger partial charge in [0.2, 0.25) is 5.91 Å². The molecule has 1 aliphatic carbocycles. The highest BCUT2D eigenvalue weighted by Crippen LogP contribution is 2.49. The highest BCUT2D eigenvalue weighted by atomic mass is 35.5. The number of benzene rings is 2. The summed E-state index contributed by atoms with van der Waals surface area (Å²) in [6, 6.07) is 15.0. The molecule has 1 fully saturated rings. The number of nitrogens with one attached hydrogen (secondary N) is 1. The lowest BCUT2D eigenvalue weighted by atomic mass is 9.95. The molecular formula is C18H18ClNO2. The molecule has 22 heavy (non-hydrogen) atoms. The van der Waals surface area contributed by atoms with Gasteiger partial charge in [-0.3, -0.25) is 4.79 Å². The molecular weight excluding hydrogens is 298 g/mol. The lowest BCUT2D eigenvalue weighted by Crippen LogP contribution is -2.27. The summed E-state index contributed by atoms with van der Waals surface area (Å²) in [7, 11) is 0. The largest absolute Gasteiger partial charge is 0.494 e. The van der Waals surface area contributed by atoms with Gasteiger partial charge in [-0.15, -0.1) is 0 Å². The SMILES string of the molecule is CCOc1ccc(NC(=O)C2(c3ccc(Cl)cc3)CC2)cc1. The van der Waals surface area contributed by atoms with Crippen LogP contribution in [0, 0.1) is 0 Å². The van der Waals surface area contributed by atoms with E-state index in [1.54, 1.807) is 0 Å². The van der Waals surface area contributed by atoms with E-state index in [0.29, 0.717) is 11.6 Å². The standard InChI is InChI=1S/C18H18ClNO2/c1-2-22-16-9-7-15(8-10-16)20-17(21)18(11-12-18)13-3-5-14(19)6-4-13/h3-10H,2,11-12H2,1H3,(H,20,21). The maximum absolute atomic E-state index is 12.6. The van der Waals surface area contributed by atoms with Crippen LogP contribution in [0.3, 0.4) is 0 Å². The Morgan fingerprint density at radius 3 is 2.32 bits per heavy atom. The van der Waals surface area contributed by atoms with E-state index in [2.05, 4.69) is 5.32 Å². The average Bonchev–Trinajstić information content (AvgIpc) is 3.32. The van der Waals surface area contributed by atoms with Gasteiger partial charge in [-0.25, -0.2) is 0 Å². The fourth-order valence-corrected chi connectivity index (χ4v) is 2.72. The normalized spacial score (nSPS) is 15.2. The number of amides is 1. The molecule has 1 N–H and O–H groups in total. The van der Waals surface area contributed by atoms with Crippen molar-refractivity contribution in [1.82, 2.24) is 0 Å². The Balaban J connectivity index is 1.72. The zero-order chi connectivity index (χ0) is 15.6. The summed E-state index contributed by atoms with van der Waals surface area (Å²) in [4.78, 5) is 12.6. The minimum absolute atomic E-state index is 0.0407. The van der Waals surface area contributed by atoms with Crippen molar-refractivity contribution in [2.75, 3.05) is 11.9 Å². The van der Waals surface area contributed by atoms with Crippen LogP contribution in [0.1, 0.15) is 25.3 Å². The number of halogens is 1. The zero-order valence-corrected chi connectivity index (χ0v) is 13.2. The molecule has 3 nitrogen and oxygen atoms in total. The lowest BCUT2D eigenvalue weighted by molar-refractivity contribution is -0.118. The molecule has 1 aliphatic rings. The molecule has 0 radical (unpaired) electrons. The summed E-state index contributed by atoms with van der Waals surface area (Å²) in [5.41, 5.74) is 1.41. The number of anilines is 1. The van der Waals surface area contributed by atoms with Crippen LogP contribution in [-0.4, -0.2) is 12.5 Å². The van der Waals surface area contributed by atoms with Crippen molar-refractivity contribution in [3.63, 3.8) is 0 Å². The van der Waals surface area contributed by atoms with Crippen LogP contribution in [-0.2, 0) is 10.2 Å². The summed E-state index contributed by atoms with van der Waals surface area (Å²) in [5, 5.41) is 3.69. The minimum atomic E-state index is -0.400. The summed E-state index contributed by atoms with van der Waals surface area (Å²) in [6.45, 7) is 2.57. The van der Waals surface area contributed by atoms with E-state index in [-0.39, 0.29) is 5.91 Å². The Bertz CT molecular complexity index is 660. The van der Waals surface area contributed by atoms with Gasteiger partial charge in [0, 0.05) is 10.7 Å². The maximum atomic E-state index is 12.6.